The summed E-state index contributed by atoms with van der Waals surface area (Å²) in [5, 5.41) is 16.0. The second-order valence-corrected chi connectivity index (χ2v) is 8.35. The van der Waals surface area contributed by atoms with Gasteiger partial charge in [-0.2, -0.15) is 0 Å². The largest absolute Gasteiger partial charge is 0.394 e. The third kappa shape index (κ3) is 3.96. The molecule has 1 saturated heterocycles. The average molecular weight is 434 g/mol. The fourth-order valence-electron chi connectivity index (χ4n) is 4.66. The molecule has 3 N–H and O–H groups in total. The number of carbonyl (C=O) groups is 3. The first kappa shape index (κ1) is 22.3. The van der Waals surface area contributed by atoms with Crippen molar-refractivity contribution in [3.63, 3.8) is 0 Å². The molecule has 1 heterocycles. The van der Waals surface area contributed by atoms with Crippen LogP contribution >= 0.6 is 11.6 Å². The third-order valence-electron chi connectivity index (χ3n) is 6.21. The van der Waals surface area contributed by atoms with Gasteiger partial charge in [0.1, 0.15) is 6.04 Å². The topological polar surface area (TPSA) is 98.7 Å². The van der Waals surface area contributed by atoms with Gasteiger partial charge in [0, 0.05) is 23.7 Å². The van der Waals surface area contributed by atoms with Gasteiger partial charge in [-0.15, -0.1) is 0 Å². The number of hydrogen-bond donors (Lipinski definition) is 3. The van der Waals surface area contributed by atoms with E-state index in [0.29, 0.717) is 17.1 Å². The average Bonchev–Trinajstić information content (AvgIpc) is 3.03. The molecule has 0 spiro atoms. The van der Waals surface area contributed by atoms with Crippen LogP contribution < -0.4 is 10.6 Å². The van der Waals surface area contributed by atoms with Crippen molar-refractivity contribution in [3.05, 3.63) is 41.4 Å². The number of fused-ring (bicyclic) bond motifs is 1. The number of benzene rings is 1. The number of aliphatic hydroxyl groups excluding tert-OH is 1. The maximum Gasteiger partial charge on any atom is 0.247 e. The van der Waals surface area contributed by atoms with E-state index in [1.54, 1.807) is 31.3 Å². The van der Waals surface area contributed by atoms with Crippen LogP contribution in [0.2, 0.25) is 5.02 Å². The van der Waals surface area contributed by atoms with E-state index in [1.165, 1.54) is 4.90 Å². The molecule has 1 aliphatic carbocycles. The Balaban J connectivity index is 2.00. The number of allylic oxidation sites excluding steroid dienone is 1. The number of nitrogens with one attached hydrogen (secondary N) is 2. The van der Waals surface area contributed by atoms with Crippen LogP contribution in [-0.2, 0) is 14.4 Å². The maximum atomic E-state index is 13.5. The number of amides is 3. The highest BCUT2D eigenvalue weighted by molar-refractivity contribution is 6.30. The molecule has 1 aromatic rings. The summed E-state index contributed by atoms with van der Waals surface area (Å²) in [4.78, 5) is 40.9. The van der Waals surface area contributed by atoms with E-state index in [2.05, 4.69) is 10.6 Å². The fourth-order valence-corrected chi connectivity index (χ4v) is 4.79. The number of rotatable bonds is 6. The Kier molecular flexibility index (Phi) is 6.83. The lowest BCUT2D eigenvalue weighted by atomic mass is 9.70. The molecule has 0 unspecified atom stereocenters. The summed E-state index contributed by atoms with van der Waals surface area (Å²) >= 11 is 5.92. The molecule has 1 fully saturated rings. The van der Waals surface area contributed by atoms with E-state index in [0.717, 1.165) is 0 Å². The van der Waals surface area contributed by atoms with Gasteiger partial charge >= 0.3 is 0 Å². The quantitative estimate of drug-likeness (QED) is 0.598. The number of halogens is 1. The Morgan fingerprint density at radius 1 is 1.20 bits per heavy atom. The second-order valence-electron chi connectivity index (χ2n) is 7.92. The number of carbonyl (C=O) groups excluding carboxylic acids is 3. The van der Waals surface area contributed by atoms with E-state index < -0.39 is 29.8 Å². The third-order valence-corrected chi connectivity index (χ3v) is 6.47. The van der Waals surface area contributed by atoms with Crippen LogP contribution in [0, 0.1) is 23.7 Å². The van der Waals surface area contributed by atoms with Crippen LogP contribution in [0.1, 0.15) is 20.3 Å². The van der Waals surface area contributed by atoms with Crippen LogP contribution in [0.3, 0.4) is 0 Å². The van der Waals surface area contributed by atoms with Gasteiger partial charge in [0.25, 0.3) is 0 Å². The van der Waals surface area contributed by atoms with Crippen molar-refractivity contribution in [2.45, 2.75) is 32.4 Å². The van der Waals surface area contributed by atoms with Gasteiger partial charge in [0.2, 0.25) is 17.7 Å². The van der Waals surface area contributed by atoms with Crippen molar-refractivity contribution in [1.29, 1.82) is 0 Å². The molecule has 1 aromatic carbocycles. The number of nitrogens with zero attached hydrogens (tertiary/aromatic N) is 1. The summed E-state index contributed by atoms with van der Waals surface area (Å²) in [5.74, 6) is -2.63. The standard InChI is InChI=1S/C22H28ClN3O4/c1-4-15(11-27)26-19(21(29)25-14-8-6-13(23)7-9-14)16-10-5-12(2)17(20(28)24-3)18(16)22(26)30/h5-10,12,15-19,27H,4,11H2,1-3H3,(H,24,28)(H,25,29)/t12-,15+,16+,17-,18-,19+/m1/s1. The molecule has 2 aliphatic rings. The van der Waals surface area contributed by atoms with Gasteiger partial charge in [-0.1, -0.05) is 37.6 Å². The summed E-state index contributed by atoms with van der Waals surface area (Å²) in [6.07, 6.45) is 4.28. The predicted octanol–water partition coefficient (Wildman–Crippen LogP) is 2.06. The molecule has 1 aliphatic heterocycles. The number of anilines is 1. The van der Waals surface area contributed by atoms with Crippen molar-refractivity contribution in [1.82, 2.24) is 10.2 Å². The summed E-state index contributed by atoms with van der Waals surface area (Å²) in [6.45, 7) is 3.50. The summed E-state index contributed by atoms with van der Waals surface area (Å²) in [7, 11) is 1.55. The van der Waals surface area contributed by atoms with E-state index in [9.17, 15) is 19.5 Å². The highest BCUT2D eigenvalue weighted by atomic mass is 35.5. The SMILES string of the molecule is CC[C@@H](CO)N1C(=O)[C@@H]2[C@H](C=C[C@@H](C)[C@H]2C(=O)NC)[C@H]1C(=O)Nc1ccc(Cl)cc1. The Morgan fingerprint density at radius 2 is 1.87 bits per heavy atom. The van der Waals surface area contributed by atoms with Crippen molar-refractivity contribution in [2.24, 2.45) is 23.7 Å². The van der Waals surface area contributed by atoms with Crippen LogP contribution in [0.4, 0.5) is 5.69 Å². The Morgan fingerprint density at radius 3 is 2.43 bits per heavy atom. The first-order valence-corrected chi connectivity index (χ1v) is 10.6. The minimum absolute atomic E-state index is 0.135. The molecule has 0 bridgehead atoms. The first-order chi connectivity index (χ1) is 14.3. The molecule has 8 heteroatoms. The number of likely N-dealkylation sites (tertiary alicyclic amines) is 1. The lowest BCUT2D eigenvalue weighted by Crippen LogP contribution is -2.50. The summed E-state index contributed by atoms with van der Waals surface area (Å²) < 4.78 is 0. The normalized spacial score (nSPS) is 28.8. The fraction of sp³-hybridized carbons (Fsp3) is 0.500. The van der Waals surface area contributed by atoms with Crippen LogP contribution in [0.5, 0.6) is 0 Å². The second kappa shape index (κ2) is 9.18. The zero-order valence-electron chi connectivity index (χ0n) is 17.3. The molecule has 0 radical (unpaired) electrons. The predicted molar refractivity (Wildman–Crippen MR) is 115 cm³/mol. The van der Waals surface area contributed by atoms with Gasteiger partial charge < -0.3 is 20.6 Å². The monoisotopic (exact) mass is 433 g/mol. The molecule has 30 heavy (non-hydrogen) atoms. The zero-order chi connectivity index (χ0) is 22.0. The van der Waals surface area contributed by atoms with Gasteiger partial charge in [0.15, 0.2) is 0 Å². The van der Waals surface area contributed by atoms with E-state index in [-0.39, 0.29) is 30.2 Å². The molecular weight excluding hydrogens is 406 g/mol. The van der Waals surface area contributed by atoms with E-state index in [1.807, 2.05) is 26.0 Å². The van der Waals surface area contributed by atoms with Gasteiger partial charge in [-0.3, -0.25) is 14.4 Å². The molecule has 3 rings (SSSR count). The highest BCUT2D eigenvalue weighted by Crippen LogP contribution is 2.45. The van der Waals surface area contributed by atoms with Crippen molar-refractivity contribution >= 4 is 35.0 Å². The maximum absolute atomic E-state index is 13.5. The van der Waals surface area contributed by atoms with E-state index >= 15 is 0 Å². The van der Waals surface area contributed by atoms with Crippen LogP contribution in [-0.4, -0.2) is 53.5 Å². The number of aliphatic hydroxyl groups is 1. The lowest BCUT2D eigenvalue weighted by molar-refractivity contribution is -0.142. The lowest BCUT2D eigenvalue weighted by Gasteiger charge is -2.33. The van der Waals surface area contributed by atoms with Crippen LogP contribution in [0.15, 0.2) is 36.4 Å². The van der Waals surface area contributed by atoms with E-state index in [4.69, 9.17) is 11.6 Å². The molecule has 7 nitrogen and oxygen atoms in total. The minimum atomic E-state index is -0.814. The summed E-state index contributed by atoms with van der Waals surface area (Å²) in [5.41, 5.74) is 0.563. The van der Waals surface area contributed by atoms with Crippen LogP contribution in [0.25, 0.3) is 0 Å². The van der Waals surface area contributed by atoms with Gasteiger partial charge in [-0.25, -0.2) is 0 Å². The molecule has 6 atom stereocenters. The van der Waals surface area contributed by atoms with Crippen molar-refractivity contribution < 1.29 is 19.5 Å². The number of hydrogen-bond acceptors (Lipinski definition) is 4. The molecular formula is C22H28ClN3O4. The smallest absolute Gasteiger partial charge is 0.247 e. The molecule has 0 aromatic heterocycles. The highest BCUT2D eigenvalue weighted by Gasteiger charge is 2.57. The molecule has 162 valence electrons. The molecule has 0 saturated carbocycles. The van der Waals surface area contributed by atoms with Gasteiger partial charge in [0.05, 0.1) is 24.5 Å². The zero-order valence-corrected chi connectivity index (χ0v) is 18.1. The Hall–Kier alpha value is -2.38. The first-order valence-electron chi connectivity index (χ1n) is 10.2. The Labute approximate surface area is 181 Å². The summed E-state index contributed by atoms with van der Waals surface area (Å²) in [6, 6.07) is 5.40. The Bertz CT molecular complexity index is 837. The van der Waals surface area contributed by atoms with Crippen molar-refractivity contribution in [3.8, 4) is 0 Å². The van der Waals surface area contributed by atoms with Gasteiger partial charge in [-0.05, 0) is 36.6 Å². The van der Waals surface area contributed by atoms with Crippen molar-refractivity contribution in [2.75, 3.05) is 19.0 Å². The minimum Gasteiger partial charge on any atom is -0.394 e. The molecule has 3 amide bonds.